The molecular formula is C8H23F3O4Si4. The van der Waals surface area contributed by atoms with Crippen molar-refractivity contribution < 1.29 is 30.3 Å². The van der Waals surface area contributed by atoms with E-state index in [0.717, 1.165) is 0 Å². The predicted octanol–water partition coefficient (Wildman–Crippen LogP) is 1.74. The highest BCUT2D eigenvalue weighted by molar-refractivity contribution is 6.74. The van der Waals surface area contributed by atoms with Gasteiger partial charge in [-0.25, -0.2) is 0 Å². The summed E-state index contributed by atoms with van der Waals surface area (Å²) in [5.41, 5.74) is 0. The molecule has 0 rings (SSSR count). The van der Waals surface area contributed by atoms with Gasteiger partial charge in [0.05, 0.1) is 0 Å². The van der Waals surface area contributed by atoms with E-state index in [-0.39, 0.29) is 6.04 Å². The standard InChI is InChI=1S/C8H23F3O4Si4/c1-16(2)13-17(3)14-18(4)15-19(5,12)7-6-8(9,10)11/h12,16-18H,6-7H2,1-5H3. The van der Waals surface area contributed by atoms with Gasteiger partial charge in [0.1, 0.15) is 0 Å². The van der Waals surface area contributed by atoms with Crippen molar-refractivity contribution in [2.75, 3.05) is 0 Å². The van der Waals surface area contributed by atoms with Crippen molar-refractivity contribution in [3.63, 3.8) is 0 Å². The summed E-state index contributed by atoms with van der Waals surface area (Å²) >= 11 is 0. The van der Waals surface area contributed by atoms with Gasteiger partial charge in [-0.15, -0.1) is 0 Å². The maximum Gasteiger partial charge on any atom is 0.389 e. The van der Waals surface area contributed by atoms with Crippen molar-refractivity contribution in [1.29, 1.82) is 0 Å². The molecule has 0 aliphatic carbocycles. The summed E-state index contributed by atoms with van der Waals surface area (Å²) in [4.78, 5) is 9.90. The van der Waals surface area contributed by atoms with Gasteiger partial charge < -0.3 is 17.1 Å². The van der Waals surface area contributed by atoms with Crippen LogP contribution in [0.5, 0.6) is 0 Å². The summed E-state index contributed by atoms with van der Waals surface area (Å²) in [6.07, 6.45) is -5.28. The lowest BCUT2D eigenvalue weighted by Gasteiger charge is -2.27. The van der Waals surface area contributed by atoms with Crippen molar-refractivity contribution in [1.82, 2.24) is 0 Å². The lowest BCUT2D eigenvalue weighted by molar-refractivity contribution is -0.131. The minimum absolute atomic E-state index is 0.354. The van der Waals surface area contributed by atoms with Crippen LogP contribution in [0.1, 0.15) is 6.42 Å². The fraction of sp³-hybridized carbons (Fsp3) is 1.00. The third-order valence-corrected chi connectivity index (χ3v) is 13.5. The summed E-state index contributed by atoms with van der Waals surface area (Å²) in [6.45, 7) is 8.99. The molecule has 0 aromatic carbocycles. The van der Waals surface area contributed by atoms with Crippen LogP contribution in [0.25, 0.3) is 0 Å². The van der Waals surface area contributed by atoms with E-state index in [0.29, 0.717) is 0 Å². The normalized spacial score (nSPS) is 19.3. The molecule has 0 aromatic rings. The zero-order valence-corrected chi connectivity index (χ0v) is 16.4. The number of hydrogen-bond donors (Lipinski definition) is 1. The van der Waals surface area contributed by atoms with E-state index in [1.165, 1.54) is 6.55 Å². The van der Waals surface area contributed by atoms with Crippen LogP contribution in [0, 0.1) is 0 Å². The number of halogens is 3. The summed E-state index contributed by atoms with van der Waals surface area (Å²) in [5, 5.41) is 0. The van der Waals surface area contributed by atoms with Crippen molar-refractivity contribution in [3.05, 3.63) is 0 Å². The van der Waals surface area contributed by atoms with Crippen LogP contribution < -0.4 is 0 Å². The molecule has 1 N–H and O–H groups in total. The van der Waals surface area contributed by atoms with E-state index >= 15 is 0 Å². The molecule has 0 aromatic heterocycles. The third kappa shape index (κ3) is 12.0. The molecular weight excluding hydrogens is 329 g/mol. The predicted molar refractivity (Wildman–Crippen MR) is 77.5 cm³/mol. The first kappa shape index (κ1) is 19.5. The lowest BCUT2D eigenvalue weighted by Crippen LogP contribution is -2.44. The van der Waals surface area contributed by atoms with E-state index in [9.17, 15) is 18.0 Å². The van der Waals surface area contributed by atoms with Gasteiger partial charge in [-0.1, -0.05) is 0 Å². The summed E-state index contributed by atoms with van der Waals surface area (Å²) in [7, 11) is -8.36. The van der Waals surface area contributed by atoms with E-state index in [1.807, 2.05) is 19.6 Å². The van der Waals surface area contributed by atoms with Crippen LogP contribution in [-0.4, -0.2) is 47.1 Å². The average molecular weight is 353 g/mol. The van der Waals surface area contributed by atoms with Crippen LogP contribution >= 0.6 is 0 Å². The molecule has 11 heteroatoms. The van der Waals surface area contributed by atoms with Gasteiger partial charge in [-0.2, -0.15) is 13.2 Å². The number of rotatable bonds is 8. The van der Waals surface area contributed by atoms with E-state index in [4.69, 9.17) is 12.3 Å². The van der Waals surface area contributed by atoms with Crippen LogP contribution in [0.15, 0.2) is 0 Å². The lowest BCUT2D eigenvalue weighted by atomic mass is 10.5. The Morgan fingerprint density at radius 3 is 2.00 bits per heavy atom. The molecule has 0 spiro atoms. The van der Waals surface area contributed by atoms with E-state index < -0.39 is 48.8 Å². The fourth-order valence-electron chi connectivity index (χ4n) is 1.50. The van der Waals surface area contributed by atoms with Gasteiger partial charge in [0, 0.05) is 6.42 Å². The second-order valence-electron chi connectivity index (χ2n) is 4.86. The van der Waals surface area contributed by atoms with Gasteiger partial charge in [-0.05, 0) is 38.8 Å². The number of hydrogen-bond acceptors (Lipinski definition) is 4. The first-order valence-electron chi connectivity index (χ1n) is 6.19. The second kappa shape index (κ2) is 8.07. The Morgan fingerprint density at radius 2 is 1.58 bits per heavy atom. The van der Waals surface area contributed by atoms with Crippen molar-refractivity contribution in [3.8, 4) is 0 Å². The van der Waals surface area contributed by atoms with Gasteiger partial charge in [0.15, 0.2) is 9.04 Å². The highest BCUT2D eigenvalue weighted by atomic mass is 28.5. The fourth-order valence-corrected chi connectivity index (χ4v) is 12.4. The first-order chi connectivity index (χ1) is 8.41. The second-order valence-corrected chi connectivity index (χ2v) is 15.2. The third-order valence-electron chi connectivity index (χ3n) is 2.14. The topological polar surface area (TPSA) is 47.9 Å². The first-order valence-corrected chi connectivity index (χ1v) is 15.7. The maximum atomic E-state index is 12.1. The Bertz CT molecular complexity index is 265. The minimum atomic E-state index is -4.26. The number of alkyl halides is 3. The quantitative estimate of drug-likeness (QED) is 0.676. The molecule has 116 valence electrons. The highest BCUT2D eigenvalue weighted by Crippen LogP contribution is 2.25. The van der Waals surface area contributed by atoms with Crippen LogP contribution in [0.2, 0.25) is 38.8 Å². The van der Waals surface area contributed by atoms with E-state index in [2.05, 4.69) is 0 Å². The molecule has 19 heavy (non-hydrogen) atoms. The van der Waals surface area contributed by atoms with Crippen molar-refractivity contribution in [2.24, 2.45) is 0 Å². The molecule has 0 fully saturated rings. The molecule has 0 aliphatic heterocycles. The Kier molecular flexibility index (Phi) is 8.28. The molecule has 4 nitrogen and oxygen atoms in total. The van der Waals surface area contributed by atoms with Gasteiger partial charge in [-0.3, -0.25) is 0 Å². The molecule has 3 unspecified atom stereocenters. The molecule has 0 radical (unpaired) electrons. The Hall–Kier alpha value is 0.498. The van der Waals surface area contributed by atoms with Crippen LogP contribution in [0.4, 0.5) is 13.2 Å². The molecule has 3 atom stereocenters. The smallest absolute Gasteiger partial charge is 0.389 e. The summed E-state index contributed by atoms with van der Waals surface area (Å²) in [5.74, 6) is 0. The van der Waals surface area contributed by atoms with Gasteiger partial charge in [0.25, 0.3) is 18.6 Å². The van der Waals surface area contributed by atoms with Gasteiger partial charge >= 0.3 is 14.7 Å². The monoisotopic (exact) mass is 352 g/mol. The zero-order valence-electron chi connectivity index (χ0n) is 12.0. The minimum Gasteiger partial charge on any atom is -0.442 e. The van der Waals surface area contributed by atoms with E-state index in [1.54, 1.807) is 6.55 Å². The molecule has 0 heterocycles. The zero-order chi connectivity index (χ0) is 15.3. The molecule has 0 saturated heterocycles. The van der Waals surface area contributed by atoms with Crippen LogP contribution in [-0.2, 0) is 12.3 Å². The Morgan fingerprint density at radius 1 is 1.05 bits per heavy atom. The molecule has 0 bridgehead atoms. The van der Waals surface area contributed by atoms with Crippen molar-refractivity contribution >= 4 is 36.2 Å². The van der Waals surface area contributed by atoms with Crippen molar-refractivity contribution in [2.45, 2.75) is 51.4 Å². The molecule has 0 aliphatic rings. The maximum absolute atomic E-state index is 12.1. The van der Waals surface area contributed by atoms with Crippen LogP contribution in [0.3, 0.4) is 0 Å². The highest BCUT2D eigenvalue weighted by Gasteiger charge is 2.37. The Labute approximate surface area is 118 Å². The van der Waals surface area contributed by atoms with Gasteiger partial charge in [0.2, 0.25) is 0 Å². The summed E-state index contributed by atoms with van der Waals surface area (Å²) < 4.78 is 52.9. The largest absolute Gasteiger partial charge is 0.442 e. The Balaban J connectivity index is 4.11. The SMILES string of the molecule is C[SiH](C)O[SiH](C)O[SiH](C)O[Si](C)(O)CCC(F)(F)F. The molecule has 0 amide bonds. The molecule has 0 saturated carbocycles. The average Bonchev–Trinajstić information content (AvgIpc) is 2.10. The summed E-state index contributed by atoms with van der Waals surface area (Å²) in [6, 6.07) is -0.354.